The maximum absolute atomic E-state index is 13.5. The van der Waals surface area contributed by atoms with E-state index in [2.05, 4.69) is 5.32 Å². The Labute approximate surface area is 218 Å². The highest BCUT2D eigenvalue weighted by Crippen LogP contribution is 2.37. The van der Waals surface area contributed by atoms with Gasteiger partial charge in [0.05, 0.1) is 6.04 Å². The number of nitrogens with one attached hydrogen (secondary N) is 2. The number of carbonyl (C=O) groups excluding carboxylic acids is 3. The number of halogens is 3. The summed E-state index contributed by atoms with van der Waals surface area (Å²) in [6, 6.07) is 10.8. The van der Waals surface area contributed by atoms with E-state index in [9.17, 15) is 37.8 Å². The molecule has 2 aromatic carbocycles. The summed E-state index contributed by atoms with van der Waals surface area (Å²) in [5, 5.41) is 25.7. The summed E-state index contributed by atoms with van der Waals surface area (Å²) in [6.07, 6.45) is -6.04. The third-order valence-electron chi connectivity index (χ3n) is 6.84. The third-order valence-corrected chi connectivity index (χ3v) is 6.84. The molecule has 1 unspecified atom stereocenters. The molecule has 11 heteroatoms. The number of carbonyl (C=O) groups is 3. The van der Waals surface area contributed by atoms with Gasteiger partial charge in [0.2, 0.25) is 5.91 Å². The van der Waals surface area contributed by atoms with Gasteiger partial charge in [0.1, 0.15) is 18.3 Å². The zero-order valence-corrected chi connectivity index (χ0v) is 21.4. The van der Waals surface area contributed by atoms with Crippen molar-refractivity contribution < 1.29 is 37.8 Å². The predicted octanol–water partition coefficient (Wildman–Crippen LogP) is 2.71. The maximum Gasteiger partial charge on any atom is 0.405 e. The Morgan fingerprint density at radius 1 is 1.11 bits per heavy atom. The number of alkyl halides is 3. The minimum atomic E-state index is -4.62. The second-order valence-corrected chi connectivity index (χ2v) is 10.2. The van der Waals surface area contributed by atoms with Gasteiger partial charge in [-0.15, -0.1) is 0 Å². The quantitative estimate of drug-likeness (QED) is 0.415. The van der Waals surface area contributed by atoms with Crippen molar-refractivity contribution in [2.45, 2.75) is 58.0 Å². The molecule has 0 radical (unpaired) electrons. The van der Waals surface area contributed by atoms with Gasteiger partial charge < -0.3 is 25.7 Å². The molecule has 3 rings (SSSR count). The number of nitrogens with zero attached hydrogens (tertiary/aromatic N) is 1. The SMILES string of the molecule is Cc1c(O)cccc1C(=O)N[C@@H](Cc1ccccc1)[C@H](O)C(=O)N1CCC(C)(C)C1C(=O)NCC(F)(F)F. The molecule has 0 aliphatic carbocycles. The summed E-state index contributed by atoms with van der Waals surface area (Å²) < 4.78 is 38.1. The van der Waals surface area contributed by atoms with Crippen molar-refractivity contribution in [2.24, 2.45) is 5.41 Å². The molecule has 1 heterocycles. The number of hydrogen-bond acceptors (Lipinski definition) is 5. The van der Waals surface area contributed by atoms with Crippen LogP contribution in [0.1, 0.15) is 41.8 Å². The smallest absolute Gasteiger partial charge is 0.405 e. The Morgan fingerprint density at radius 3 is 2.39 bits per heavy atom. The first kappa shape index (κ1) is 29.0. The lowest BCUT2D eigenvalue weighted by Gasteiger charge is -2.34. The standard InChI is InChI=1S/C27H32F3N3O5/c1-16-18(10-7-11-20(16)34)23(36)32-19(14-17-8-5-4-6-9-17)21(35)25(38)33-13-12-26(2,3)22(33)24(37)31-15-27(28,29)30/h4-11,19,21-22,34-35H,12-15H2,1-3H3,(H,31,37)(H,32,36)/t19-,21-,22?/m0/s1. The van der Waals surface area contributed by atoms with E-state index < -0.39 is 54.0 Å². The fourth-order valence-corrected chi connectivity index (χ4v) is 4.68. The highest BCUT2D eigenvalue weighted by Gasteiger charge is 2.49. The van der Waals surface area contributed by atoms with Gasteiger partial charge in [-0.25, -0.2) is 0 Å². The van der Waals surface area contributed by atoms with Crippen LogP contribution in [0.15, 0.2) is 48.5 Å². The number of aromatic hydroxyl groups is 1. The number of hydrogen-bond donors (Lipinski definition) is 4. The lowest BCUT2D eigenvalue weighted by molar-refractivity contribution is -0.151. The number of likely N-dealkylation sites (tertiary alicyclic amines) is 1. The molecule has 0 saturated carbocycles. The van der Waals surface area contributed by atoms with E-state index in [4.69, 9.17) is 0 Å². The van der Waals surface area contributed by atoms with E-state index in [-0.39, 0.29) is 24.3 Å². The second kappa shape index (κ2) is 11.4. The molecular weight excluding hydrogens is 503 g/mol. The molecule has 0 bridgehead atoms. The van der Waals surface area contributed by atoms with Crippen molar-refractivity contribution >= 4 is 17.7 Å². The van der Waals surface area contributed by atoms with Crippen LogP contribution in [0.5, 0.6) is 5.75 Å². The number of aliphatic hydroxyl groups is 1. The fourth-order valence-electron chi connectivity index (χ4n) is 4.68. The summed E-state index contributed by atoms with van der Waals surface area (Å²) in [5.74, 6) is -2.57. The number of rotatable bonds is 8. The van der Waals surface area contributed by atoms with Crippen LogP contribution in [0.3, 0.4) is 0 Å². The molecule has 3 atom stereocenters. The molecule has 3 amide bonds. The van der Waals surface area contributed by atoms with Gasteiger partial charge >= 0.3 is 6.18 Å². The first-order valence-electron chi connectivity index (χ1n) is 12.2. The molecule has 4 N–H and O–H groups in total. The average molecular weight is 536 g/mol. The van der Waals surface area contributed by atoms with Gasteiger partial charge in [-0.2, -0.15) is 13.2 Å². The van der Waals surface area contributed by atoms with Crippen molar-refractivity contribution in [1.29, 1.82) is 0 Å². The van der Waals surface area contributed by atoms with Crippen molar-refractivity contribution in [3.63, 3.8) is 0 Å². The van der Waals surface area contributed by atoms with Crippen LogP contribution in [0.25, 0.3) is 0 Å². The summed E-state index contributed by atoms with van der Waals surface area (Å²) >= 11 is 0. The van der Waals surface area contributed by atoms with Crippen LogP contribution < -0.4 is 10.6 Å². The van der Waals surface area contributed by atoms with E-state index >= 15 is 0 Å². The van der Waals surface area contributed by atoms with E-state index in [1.807, 2.05) is 5.32 Å². The van der Waals surface area contributed by atoms with Gasteiger partial charge in [0, 0.05) is 17.7 Å². The van der Waals surface area contributed by atoms with Crippen LogP contribution in [-0.4, -0.2) is 70.3 Å². The normalized spacial score (nSPS) is 18.5. The molecule has 8 nitrogen and oxygen atoms in total. The van der Waals surface area contributed by atoms with E-state index in [0.29, 0.717) is 17.5 Å². The molecule has 0 aromatic heterocycles. The molecule has 1 aliphatic rings. The Morgan fingerprint density at radius 2 is 1.76 bits per heavy atom. The van der Waals surface area contributed by atoms with Crippen LogP contribution in [0, 0.1) is 12.3 Å². The molecule has 1 aliphatic heterocycles. The monoisotopic (exact) mass is 535 g/mol. The molecule has 1 saturated heterocycles. The van der Waals surface area contributed by atoms with Crippen LogP contribution in [0.4, 0.5) is 13.2 Å². The lowest BCUT2D eigenvalue weighted by Crippen LogP contribution is -2.58. The van der Waals surface area contributed by atoms with Crippen LogP contribution >= 0.6 is 0 Å². The summed E-state index contributed by atoms with van der Waals surface area (Å²) in [6.45, 7) is 3.38. The van der Waals surface area contributed by atoms with E-state index in [1.54, 1.807) is 51.1 Å². The van der Waals surface area contributed by atoms with Gasteiger partial charge in [-0.1, -0.05) is 50.2 Å². The highest BCUT2D eigenvalue weighted by atomic mass is 19.4. The predicted molar refractivity (Wildman–Crippen MR) is 133 cm³/mol. The number of benzene rings is 2. The number of phenolic OH excluding ortho intramolecular Hbond substituents is 1. The van der Waals surface area contributed by atoms with Crippen LogP contribution in [-0.2, 0) is 16.0 Å². The van der Waals surface area contributed by atoms with Crippen molar-refractivity contribution in [3.05, 3.63) is 65.2 Å². The molecule has 0 spiro atoms. The Balaban J connectivity index is 1.87. The zero-order valence-electron chi connectivity index (χ0n) is 21.4. The average Bonchev–Trinajstić information content (AvgIpc) is 3.17. The van der Waals surface area contributed by atoms with Gasteiger partial charge in [0.15, 0.2) is 6.10 Å². The third kappa shape index (κ3) is 6.83. The topological polar surface area (TPSA) is 119 Å². The first-order chi connectivity index (χ1) is 17.7. The first-order valence-corrected chi connectivity index (χ1v) is 12.2. The molecule has 1 fully saturated rings. The van der Waals surface area contributed by atoms with Crippen LogP contribution in [0.2, 0.25) is 0 Å². The van der Waals surface area contributed by atoms with Crippen molar-refractivity contribution in [2.75, 3.05) is 13.1 Å². The summed E-state index contributed by atoms with van der Waals surface area (Å²) in [4.78, 5) is 40.4. The number of aliphatic hydroxyl groups excluding tert-OH is 1. The van der Waals surface area contributed by atoms with E-state index in [1.165, 1.54) is 18.2 Å². The minimum Gasteiger partial charge on any atom is -0.508 e. The van der Waals surface area contributed by atoms with Crippen molar-refractivity contribution in [3.8, 4) is 5.75 Å². The Bertz CT molecular complexity index is 1170. The molecule has 2 aromatic rings. The highest BCUT2D eigenvalue weighted by molar-refractivity contribution is 5.97. The van der Waals surface area contributed by atoms with Gasteiger partial charge in [-0.05, 0) is 42.9 Å². The minimum absolute atomic E-state index is 0.0463. The summed E-state index contributed by atoms with van der Waals surface area (Å²) in [5.41, 5.74) is 0.321. The largest absolute Gasteiger partial charge is 0.508 e. The molecule has 206 valence electrons. The van der Waals surface area contributed by atoms with E-state index in [0.717, 1.165) is 4.90 Å². The Kier molecular flexibility index (Phi) is 8.71. The summed E-state index contributed by atoms with van der Waals surface area (Å²) in [7, 11) is 0. The van der Waals surface area contributed by atoms with Gasteiger partial charge in [0.25, 0.3) is 11.8 Å². The number of amides is 3. The second-order valence-electron chi connectivity index (χ2n) is 10.2. The molecular formula is C27H32F3N3O5. The zero-order chi connectivity index (χ0) is 28.3. The van der Waals surface area contributed by atoms with Gasteiger partial charge in [-0.3, -0.25) is 14.4 Å². The fraction of sp³-hybridized carbons (Fsp3) is 0.444. The molecule has 38 heavy (non-hydrogen) atoms. The van der Waals surface area contributed by atoms with Crippen molar-refractivity contribution in [1.82, 2.24) is 15.5 Å². The Hall–Kier alpha value is -3.60. The number of phenols is 1. The maximum atomic E-state index is 13.5. The lowest BCUT2D eigenvalue weighted by atomic mass is 9.84.